The summed E-state index contributed by atoms with van der Waals surface area (Å²) < 4.78 is 30.3. The molecular formula is C20H23N3O4S3. The number of rotatable bonds is 7. The van der Waals surface area contributed by atoms with Gasteiger partial charge < -0.3 is 0 Å². The smallest absolute Gasteiger partial charge is 0.298 e. The summed E-state index contributed by atoms with van der Waals surface area (Å²) in [6, 6.07) is 6.41. The van der Waals surface area contributed by atoms with E-state index in [2.05, 4.69) is 9.71 Å². The van der Waals surface area contributed by atoms with Crippen LogP contribution in [0.3, 0.4) is 0 Å². The first-order valence-corrected chi connectivity index (χ1v) is 12.6. The molecule has 1 aromatic carbocycles. The molecule has 2 aliphatic rings. The highest BCUT2D eigenvalue weighted by molar-refractivity contribution is 8.01. The molecule has 2 aliphatic heterocycles. The number of aryl methyl sites for hydroxylation is 2. The maximum absolute atomic E-state index is 12.9. The number of hydrogen-bond acceptors (Lipinski definition) is 7. The second kappa shape index (κ2) is 8.52. The molecule has 0 atom stereocenters. The van der Waals surface area contributed by atoms with Crippen LogP contribution in [0.15, 0.2) is 38.2 Å². The van der Waals surface area contributed by atoms with E-state index in [0.717, 1.165) is 10.4 Å². The summed E-state index contributed by atoms with van der Waals surface area (Å²) >= 11 is 2.71. The van der Waals surface area contributed by atoms with Crippen molar-refractivity contribution in [3.05, 3.63) is 50.9 Å². The highest BCUT2D eigenvalue weighted by Crippen LogP contribution is 2.38. The van der Waals surface area contributed by atoms with Gasteiger partial charge in [0.05, 0.1) is 14.9 Å². The fourth-order valence-electron chi connectivity index (χ4n) is 2.69. The zero-order valence-corrected chi connectivity index (χ0v) is 19.8. The molecule has 160 valence electrons. The molecule has 10 heteroatoms. The van der Waals surface area contributed by atoms with Crippen molar-refractivity contribution in [2.75, 3.05) is 10.5 Å². The molecule has 0 amide bonds. The molecule has 0 saturated heterocycles. The van der Waals surface area contributed by atoms with Gasteiger partial charge >= 0.3 is 5.69 Å². The molecule has 1 aromatic rings. The Morgan fingerprint density at radius 3 is 2.43 bits per heavy atom. The van der Waals surface area contributed by atoms with Crippen molar-refractivity contribution < 1.29 is 13.2 Å². The number of aromatic nitrogens is 2. The van der Waals surface area contributed by atoms with Crippen molar-refractivity contribution in [3.63, 3.8) is 0 Å². The van der Waals surface area contributed by atoms with Crippen LogP contribution in [0.25, 0.3) is 5.69 Å². The van der Waals surface area contributed by atoms with Crippen molar-refractivity contribution in [1.82, 2.24) is 9.55 Å². The van der Waals surface area contributed by atoms with Crippen molar-refractivity contribution in [2.45, 2.75) is 43.7 Å². The molecular weight excluding hydrogens is 442 g/mol. The van der Waals surface area contributed by atoms with Crippen LogP contribution in [0.5, 0.6) is 0 Å². The van der Waals surface area contributed by atoms with Gasteiger partial charge in [-0.15, -0.1) is 23.1 Å². The normalized spacial score (nSPS) is 11.9. The van der Waals surface area contributed by atoms with E-state index in [0.29, 0.717) is 15.6 Å². The molecule has 2 heterocycles. The molecule has 0 fully saturated rings. The summed E-state index contributed by atoms with van der Waals surface area (Å²) in [5, 5.41) is 0. The summed E-state index contributed by atoms with van der Waals surface area (Å²) in [5.41, 5.74) is 1.44. The van der Waals surface area contributed by atoms with Crippen LogP contribution in [0.1, 0.15) is 30.0 Å². The number of carbonyl (C=O) groups is 1. The molecule has 0 bridgehead atoms. The van der Waals surface area contributed by atoms with E-state index in [1.807, 2.05) is 27.7 Å². The molecule has 1 N–H and O–H groups in total. The number of nitrogens with one attached hydrogen (secondary N) is 1. The van der Waals surface area contributed by atoms with Gasteiger partial charge in [0, 0.05) is 16.5 Å². The summed E-state index contributed by atoms with van der Waals surface area (Å²) in [7, 11) is -3.93. The van der Waals surface area contributed by atoms with Gasteiger partial charge in [-0.1, -0.05) is 31.5 Å². The third-order valence-electron chi connectivity index (χ3n) is 4.68. The summed E-state index contributed by atoms with van der Waals surface area (Å²) in [4.78, 5) is 29.7. The van der Waals surface area contributed by atoms with E-state index < -0.39 is 15.7 Å². The van der Waals surface area contributed by atoms with Gasteiger partial charge in [0.2, 0.25) is 0 Å². The lowest BCUT2D eigenvalue weighted by Crippen LogP contribution is -2.18. The Morgan fingerprint density at radius 1 is 1.20 bits per heavy atom. The topological polar surface area (TPSA) is 98.1 Å². The minimum absolute atomic E-state index is 0.0283. The molecule has 0 aliphatic carbocycles. The molecule has 3 rings (SSSR count). The number of carbonyl (C=O) groups excluding carboxylic acids is 1. The van der Waals surface area contributed by atoms with Crippen LogP contribution >= 0.6 is 23.1 Å². The fraction of sp³-hybridized carbons (Fsp3) is 0.350. The molecule has 30 heavy (non-hydrogen) atoms. The quantitative estimate of drug-likeness (QED) is 0.533. The van der Waals surface area contributed by atoms with Crippen molar-refractivity contribution >= 4 is 44.7 Å². The van der Waals surface area contributed by atoms with Gasteiger partial charge in [0.15, 0.2) is 5.82 Å². The third-order valence-corrected chi connectivity index (χ3v) is 8.51. The number of hydrogen-bond donors (Lipinski definition) is 1. The van der Waals surface area contributed by atoms with E-state index in [4.69, 9.17) is 0 Å². The third kappa shape index (κ3) is 4.45. The Labute approximate surface area is 183 Å². The van der Waals surface area contributed by atoms with Crippen LogP contribution in [-0.4, -0.2) is 29.5 Å². The largest absolute Gasteiger partial charge is 0.354 e. The minimum Gasteiger partial charge on any atom is -0.298 e. The maximum Gasteiger partial charge on any atom is 0.354 e. The molecule has 0 unspecified atom stereocenters. The zero-order valence-electron chi connectivity index (χ0n) is 17.3. The predicted octanol–water partition coefficient (Wildman–Crippen LogP) is 3.78. The number of Topliss-reactive ketones (excluding diaryl/α,β-unsaturated/α-hetero) is 1. The van der Waals surface area contributed by atoms with Crippen molar-refractivity contribution in [1.29, 1.82) is 0 Å². The fourth-order valence-corrected chi connectivity index (χ4v) is 6.22. The average molecular weight is 466 g/mol. The highest BCUT2D eigenvalue weighted by Gasteiger charge is 2.27. The van der Waals surface area contributed by atoms with Gasteiger partial charge in [-0.2, -0.15) is 4.98 Å². The van der Waals surface area contributed by atoms with Crippen LogP contribution < -0.4 is 10.4 Å². The first kappa shape index (κ1) is 22.5. The Bertz CT molecular complexity index is 1230. The van der Waals surface area contributed by atoms with Gasteiger partial charge in [-0.3, -0.25) is 14.1 Å². The second-order valence-corrected chi connectivity index (χ2v) is 11.4. The zero-order chi connectivity index (χ0) is 22.2. The maximum atomic E-state index is 12.9. The Kier molecular flexibility index (Phi) is 6.40. The molecule has 0 aromatic heterocycles. The van der Waals surface area contributed by atoms with Crippen LogP contribution in [0.4, 0.5) is 5.82 Å². The van der Waals surface area contributed by atoms with E-state index in [-0.39, 0.29) is 28.2 Å². The molecule has 0 spiro atoms. The van der Waals surface area contributed by atoms with Gasteiger partial charge in [0.1, 0.15) is 11.5 Å². The Balaban J connectivity index is 2.08. The van der Waals surface area contributed by atoms with Crippen LogP contribution in [0, 0.1) is 26.7 Å². The van der Waals surface area contributed by atoms with Crippen LogP contribution in [-0.2, 0) is 14.8 Å². The minimum atomic E-state index is -3.93. The number of ketones is 1. The van der Waals surface area contributed by atoms with E-state index in [1.54, 1.807) is 19.1 Å². The number of sulfonamides is 1. The van der Waals surface area contributed by atoms with Gasteiger partial charge in [-0.05, 0) is 32.9 Å². The average Bonchev–Trinajstić information content (AvgIpc) is 2.99. The van der Waals surface area contributed by atoms with E-state index in [1.165, 1.54) is 39.8 Å². The summed E-state index contributed by atoms with van der Waals surface area (Å²) in [6.07, 6.45) is 0. The first-order chi connectivity index (χ1) is 14.0. The number of thioether (sulfide) groups is 1. The standard InChI is InChI=1S/C20H23N3O4S3/c1-11(2)16(24)10-28-19-17-18(21-20(25)23(17)13(4)14(5)29-19)22-30(26,27)15-8-6-12(3)7-9-15/h6-9,11H,10H2,1-5H3,(H,21,22,25). The van der Waals surface area contributed by atoms with Gasteiger partial charge in [-0.25, -0.2) is 13.2 Å². The summed E-state index contributed by atoms with van der Waals surface area (Å²) in [6.45, 7) is 9.19. The first-order valence-electron chi connectivity index (χ1n) is 9.29. The Morgan fingerprint density at radius 2 is 1.83 bits per heavy atom. The lowest BCUT2D eigenvalue weighted by molar-refractivity contribution is -0.119. The summed E-state index contributed by atoms with van der Waals surface area (Å²) in [5.74, 6) is 0.173. The number of benzene rings is 1. The number of fused-ring (bicyclic) bond motifs is 1. The van der Waals surface area contributed by atoms with E-state index >= 15 is 0 Å². The molecule has 0 radical (unpaired) electrons. The number of imidazole rings is 1. The van der Waals surface area contributed by atoms with Gasteiger partial charge in [0.25, 0.3) is 10.0 Å². The SMILES string of the molecule is Cc1ccc(S(=O)(=O)Nc2nc(=O)n3c(C)c(C)sc(SCC(=O)C(C)C)c2-3)cc1. The van der Waals surface area contributed by atoms with Crippen LogP contribution in [0.2, 0.25) is 0 Å². The molecule has 0 saturated carbocycles. The monoisotopic (exact) mass is 465 g/mol. The number of anilines is 1. The number of nitrogens with zero attached hydrogens (tertiary/aromatic N) is 2. The lowest BCUT2D eigenvalue weighted by atomic mass is 10.1. The lowest BCUT2D eigenvalue weighted by Gasteiger charge is -2.16. The highest BCUT2D eigenvalue weighted by atomic mass is 32.2. The predicted molar refractivity (Wildman–Crippen MR) is 121 cm³/mol. The molecule has 7 nitrogen and oxygen atoms in total. The van der Waals surface area contributed by atoms with Crippen molar-refractivity contribution in [3.8, 4) is 5.69 Å². The van der Waals surface area contributed by atoms with E-state index in [9.17, 15) is 18.0 Å². The Hall–Kier alpha value is -2.17. The second-order valence-electron chi connectivity index (χ2n) is 7.29. The van der Waals surface area contributed by atoms with Crippen molar-refractivity contribution in [2.24, 2.45) is 5.92 Å².